The quantitative estimate of drug-likeness (QED) is 0.0779. The van der Waals surface area contributed by atoms with Crippen molar-refractivity contribution in [1.82, 2.24) is 33.6 Å². The Morgan fingerprint density at radius 3 is 1.55 bits per heavy atom. The molecule has 0 spiro atoms. The smallest absolute Gasteiger partial charge is 0.317 e. The number of aromatic nitrogens is 4. The third-order valence-corrected chi connectivity index (χ3v) is 14.5. The van der Waals surface area contributed by atoms with E-state index in [1.807, 2.05) is 39.3 Å². The van der Waals surface area contributed by atoms with E-state index in [4.69, 9.17) is 25.8 Å². The summed E-state index contributed by atoms with van der Waals surface area (Å²) in [6.45, 7) is 5.03. The van der Waals surface area contributed by atoms with Gasteiger partial charge in [-0.2, -0.15) is 8.42 Å². The van der Waals surface area contributed by atoms with Gasteiger partial charge in [-0.05, 0) is 171 Å². The van der Waals surface area contributed by atoms with Crippen molar-refractivity contribution in [2.75, 3.05) is 62.8 Å². The average molecular weight is 1180 g/mol. The van der Waals surface area contributed by atoms with Crippen LogP contribution in [-0.2, 0) is 8.26 Å². The standard InChI is InChI=1S/C18H19N3O2S.C17H15N3O2S.C11H14N2O.C7H6ClNOS.Cl2O2S/c1-24-17-15(8-5-9-19-17)16(22)20-14-7-4-6-13(12-14)18(23)21-10-2-3-11-21;21-16(19-9-1-2-10-19)12-5-3-6-13(11-12)20-17(22)14-7-4-8-18-15(14)23-20;12-10-5-3-9(4-6-10)11(14)13-7-1-2-8-13;1-11-7-5(6(8)10)3-2-4-9-7;1-5(2,3)4/h4-9,12H,2-3,10-11H2,1H3,(H,20,22);3-8,11H,1-2,9-10H2;3-6H,1-2,7-8,12H2;2-4H,1H3;. The molecule has 3 aromatic carbocycles. The van der Waals surface area contributed by atoms with Crippen LogP contribution in [0.1, 0.15) is 90.3 Å². The van der Waals surface area contributed by atoms with Gasteiger partial charge in [0.25, 0.3) is 34.4 Å². The van der Waals surface area contributed by atoms with E-state index in [2.05, 4.69) is 41.6 Å². The van der Waals surface area contributed by atoms with Crippen molar-refractivity contribution in [3.8, 4) is 5.69 Å². The van der Waals surface area contributed by atoms with Crippen molar-refractivity contribution >= 4 is 127 Å². The SMILES string of the molecule is CSc1ncccc1C(=O)Cl.CSc1ncccc1C(=O)Nc1cccc(C(=O)N2CCCC2)c1.Nc1ccc(C(=O)N2CCCC2)cc1.O=C(c1cccc(-n2sc3ncccc3c2=O)c1)N1CCCC1.O=S(=O)(Cl)Cl. The number of rotatable bonds is 9. The monoisotopic (exact) mass is 1180 g/mol. The molecule has 0 saturated carbocycles. The predicted octanol–water partition coefficient (Wildman–Crippen LogP) is 10.4. The number of fused-ring (bicyclic) bond motifs is 1. The zero-order valence-corrected chi connectivity index (χ0v) is 47.4. The highest BCUT2D eigenvalue weighted by Crippen LogP contribution is 2.23. The third kappa shape index (κ3) is 17.9. The number of thioether (sulfide) groups is 2. The molecule has 0 bridgehead atoms. The van der Waals surface area contributed by atoms with Gasteiger partial charge in [-0.15, -0.1) is 23.5 Å². The van der Waals surface area contributed by atoms with Crippen LogP contribution in [0.5, 0.6) is 0 Å². The molecule has 7 aromatic rings. The summed E-state index contributed by atoms with van der Waals surface area (Å²) in [5, 5.41) is 4.36. The van der Waals surface area contributed by atoms with Crippen LogP contribution < -0.4 is 16.6 Å². The first-order chi connectivity index (χ1) is 36.9. The summed E-state index contributed by atoms with van der Waals surface area (Å²) >= 11 is 9.43. The fourth-order valence-corrected chi connectivity index (χ4v) is 10.3. The molecule has 7 heterocycles. The van der Waals surface area contributed by atoms with E-state index in [0.717, 1.165) is 83.4 Å². The van der Waals surface area contributed by atoms with Crippen LogP contribution in [0.2, 0.25) is 0 Å². The Morgan fingerprint density at radius 1 is 0.597 bits per heavy atom. The number of hydrogen-bond donors (Lipinski definition) is 2. The Balaban J connectivity index is 0.000000168. The molecule has 4 amide bonds. The van der Waals surface area contributed by atoms with Gasteiger partial charge in [0.15, 0.2) is 0 Å². The van der Waals surface area contributed by atoms with Gasteiger partial charge in [0, 0.05) is 107 Å². The summed E-state index contributed by atoms with van der Waals surface area (Å²) in [5.41, 5.74) is 10.5. The summed E-state index contributed by atoms with van der Waals surface area (Å²) in [6, 6.07) is 31.8. The molecule has 4 aromatic heterocycles. The first kappa shape index (κ1) is 59.9. The summed E-state index contributed by atoms with van der Waals surface area (Å²) < 4.78 is 19.9. The Bertz CT molecular complexity index is 3340. The zero-order chi connectivity index (χ0) is 55.5. The number of nitrogen functional groups attached to an aromatic ring is 1. The molecule has 3 saturated heterocycles. The maximum Gasteiger partial charge on any atom is 0.317 e. The molecule has 404 valence electrons. The van der Waals surface area contributed by atoms with Crippen molar-refractivity contribution in [2.45, 2.75) is 48.6 Å². The lowest BCUT2D eigenvalue weighted by atomic mass is 10.1. The largest absolute Gasteiger partial charge is 0.399 e. The van der Waals surface area contributed by atoms with Crippen LogP contribution in [0.4, 0.5) is 11.4 Å². The highest BCUT2D eigenvalue weighted by atomic mass is 36.0. The Labute approximate surface area is 472 Å². The lowest BCUT2D eigenvalue weighted by molar-refractivity contribution is 0.0785. The van der Waals surface area contributed by atoms with Crippen LogP contribution >= 0.6 is 68.0 Å². The molecule has 77 heavy (non-hydrogen) atoms. The van der Waals surface area contributed by atoms with Crippen molar-refractivity contribution in [3.05, 3.63) is 166 Å². The molecule has 3 aliphatic heterocycles. The maximum absolute atomic E-state index is 12.5. The Morgan fingerprint density at radius 2 is 1.05 bits per heavy atom. The number of amides is 4. The second kappa shape index (κ2) is 29.4. The molecule has 3 N–H and O–H groups in total. The molecule has 0 aliphatic carbocycles. The average Bonchev–Trinajstić information content (AvgIpc) is 4.32. The van der Waals surface area contributed by atoms with E-state index in [9.17, 15) is 28.8 Å². The number of pyridine rings is 3. The number of carbonyl (C=O) groups is 5. The number of nitrogens with two attached hydrogens (primary N) is 1. The number of benzene rings is 3. The molecule has 24 heteroatoms. The third-order valence-electron chi connectivity index (χ3n) is 11.8. The van der Waals surface area contributed by atoms with Crippen molar-refractivity contribution in [3.63, 3.8) is 0 Å². The Kier molecular flexibility index (Phi) is 22.9. The van der Waals surface area contributed by atoms with E-state index < -0.39 is 13.5 Å². The highest BCUT2D eigenvalue weighted by molar-refractivity contribution is 8.31. The van der Waals surface area contributed by atoms with Gasteiger partial charge < -0.3 is 25.8 Å². The van der Waals surface area contributed by atoms with Gasteiger partial charge in [0.2, 0.25) is 0 Å². The molecule has 0 atom stereocenters. The zero-order valence-electron chi connectivity index (χ0n) is 41.9. The van der Waals surface area contributed by atoms with Gasteiger partial charge in [-0.25, -0.2) is 18.9 Å². The maximum atomic E-state index is 12.5. The molecule has 3 fully saturated rings. The minimum Gasteiger partial charge on any atom is -0.399 e. The number of carbonyl (C=O) groups excluding carboxylic acids is 5. The molecular weight excluding hydrogens is 1130 g/mol. The number of nitrogens with zero attached hydrogens (tertiary/aromatic N) is 7. The van der Waals surface area contributed by atoms with Crippen LogP contribution in [-0.4, -0.2) is 123 Å². The van der Waals surface area contributed by atoms with Crippen LogP contribution in [0.15, 0.2) is 143 Å². The van der Waals surface area contributed by atoms with Crippen LogP contribution in [0.3, 0.4) is 0 Å². The van der Waals surface area contributed by atoms with E-state index in [1.54, 1.807) is 120 Å². The highest BCUT2D eigenvalue weighted by Gasteiger charge is 2.23. The number of likely N-dealkylation sites (tertiary alicyclic amines) is 3. The second-order valence-corrected chi connectivity index (χ2v) is 23.6. The lowest BCUT2D eigenvalue weighted by Gasteiger charge is -2.16. The van der Waals surface area contributed by atoms with Crippen LogP contribution in [0.25, 0.3) is 15.9 Å². The molecular formula is C53H54Cl3N9O8S4. The van der Waals surface area contributed by atoms with Crippen molar-refractivity contribution in [1.29, 1.82) is 0 Å². The molecule has 3 aliphatic rings. The molecule has 0 unspecified atom stereocenters. The van der Waals surface area contributed by atoms with Crippen molar-refractivity contribution < 1.29 is 32.4 Å². The minimum absolute atomic E-state index is 0.0229. The summed E-state index contributed by atoms with van der Waals surface area (Å²) in [5.74, 6) is -0.0351. The van der Waals surface area contributed by atoms with Gasteiger partial charge in [-0.1, -0.05) is 12.1 Å². The van der Waals surface area contributed by atoms with Gasteiger partial charge in [0.05, 0.1) is 22.2 Å². The molecule has 0 radical (unpaired) electrons. The van der Waals surface area contributed by atoms with Gasteiger partial charge >= 0.3 is 8.26 Å². The first-order valence-electron chi connectivity index (χ1n) is 24.0. The summed E-state index contributed by atoms with van der Waals surface area (Å²) in [7, 11) is 4.81. The minimum atomic E-state index is -3.72. The predicted molar refractivity (Wildman–Crippen MR) is 309 cm³/mol. The lowest BCUT2D eigenvalue weighted by Crippen LogP contribution is -2.27. The van der Waals surface area contributed by atoms with Crippen molar-refractivity contribution in [2.24, 2.45) is 0 Å². The number of anilines is 2. The first-order valence-corrected chi connectivity index (χ1v) is 30.7. The normalized spacial score (nSPS) is 13.6. The fraction of sp³-hybridized carbons (Fsp3) is 0.264. The molecule has 10 rings (SSSR count). The second-order valence-electron chi connectivity index (χ2n) is 17.0. The van der Waals surface area contributed by atoms with Gasteiger partial charge in [-0.3, -0.25) is 28.8 Å². The van der Waals surface area contributed by atoms with Gasteiger partial charge in [0.1, 0.15) is 14.9 Å². The Hall–Kier alpha value is -6.33. The topological polar surface area (TPSA) is 228 Å². The number of nitrogens with one attached hydrogen (secondary N) is 1. The molecule has 17 nitrogen and oxygen atoms in total. The number of halogens is 3. The van der Waals surface area contributed by atoms with E-state index >= 15 is 0 Å². The summed E-state index contributed by atoms with van der Waals surface area (Å²) in [6.07, 6.45) is 15.2. The summed E-state index contributed by atoms with van der Waals surface area (Å²) in [4.78, 5) is 91.3. The fourth-order valence-electron chi connectivity index (χ4n) is 8.09. The van der Waals surface area contributed by atoms with E-state index in [0.29, 0.717) is 59.6 Å². The van der Waals surface area contributed by atoms with E-state index in [1.165, 1.54) is 35.1 Å². The number of hydrogen-bond acceptors (Lipinski definition) is 15. The van der Waals surface area contributed by atoms with E-state index in [-0.39, 0.29) is 29.2 Å². The van der Waals surface area contributed by atoms with Crippen LogP contribution in [0, 0.1) is 0 Å².